The summed E-state index contributed by atoms with van der Waals surface area (Å²) in [7, 11) is 0. The Hall–Kier alpha value is -0.760. The maximum absolute atomic E-state index is 6.27. The van der Waals surface area contributed by atoms with Gasteiger partial charge in [-0.3, -0.25) is 0 Å². The van der Waals surface area contributed by atoms with Crippen molar-refractivity contribution in [1.29, 1.82) is 0 Å². The second kappa shape index (κ2) is 6.60. The minimum Gasteiger partial charge on any atom is -0.488 e. The largest absolute Gasteiger partial charge is 0.488 e. The van der Waals surface area contributed by atoms with Crippen molar-refractivity contribution in [3.63, 3.8) is 0 Å². The summed E-state index contributed by atoms with van der Waals surface area (Å²) in [6, 6.07) is 3.76. The number of hydrogen-bond acceptors (Lipinski definition) is 2. The summed E-state index contributed by atoms with van der Waals surface area (Å²) in [6.07, 6.45) is 6.74. The van der Waals surface area contributed by atoms with Crippen LogP contribution in [0.15, 0.2) is 12.1 Å². The summed E-state index contributed by atoms with van der Waals surface area (Å²) in [5.41, 5.74) is 0.888. The maximum Gasteiger partial charge on any atom is 0.141 e. The van der Waals surface area contributed by atoms with E-state index in [0.717, 1.165) is 17.9 Å². The van der Waals surface area contributed by atoms with Crippen molar-refractivity contribution in [3.05, 3.63) is 23.0 Å². The highest BCUT2D eigenvalue weighted by Gasteiger charge is 2.27. The lowest BCUT2D eigenvalue weighted by molar-refractivity contribution is 0.112. The molecule has 19 heavy (non-hydrogen) atoms. The third-order valence-electron chi connectivity index (χ3n) is 3.91. The first-order valence-corrected chi connectivity index (χ1v) is 7.74. The third-order valence-corrected chi connectivity index (χ3v) is 4.12. The Morgan fingerprint density at radius 1 is 1.32 bits per heavy atom. The van der Waals surface area contributed by atoms with Crippen LogP contribution in [0.5, 0.6) is 5.75 Å². The van der Waals surface area contributed by atoms with Crippen LogP contribution >= 0.6 is 11.6 Å². The zero-order valence-electron chi connectivity index (χ0n) is 12.2. The Labute approximate surface area is 121 Å². The zero-order valence-corrected chi connectivity index (χ0v) is 12.9. The van der Waals surface area contributed by atoms with Crippen LogP contribution in [-0.2, 0) is 0 Å². The fourth-order valence-electron chi connectivity index (χ4n) is 2.94. The SMILES string of the molecule is Cc1nc(Cl)ccc1OC(CC(C)C)C1CCCC1. The van der Waals surface area contributed by atoms with Gasteiger partial charge in [-0.1, -0.05) is 38.3 Å². The second-order valence-electron chi connectivity index (χ2n) is 6.05. The Morgan fingerprint density at radius 3 is 2.58 bits per heavy atom. The van der Waals surface area contributed by atoms with Crippen molar-refractivity contribution in [2.45, 2.75) is 59.0 Å². The molecule has 0 aliphatic heterocycles. The molecule has 1 aliphatic rings. The van der Waals surface area contributed by atoms with Gasteiger partial charge >= 0.3 is 0 Å². The molecular formula is C16H24ClNO. The van der Waals surface area contributed by atoms with Gasteiger partial charge in [-0.25, -0.2) is 4.98 Å². The van der Waals surface area contributed by atoms with E-state index in [1.54, 1.807) is 0 Å². The van der Waals surface area contributed by atoms with Gasteiger partial charge in [0.1, 0.15) is 17.0 Å². The summed E-state index contributed by atoms with van der Waals surface area (Å²) in [4.78, 5) is 4.27. The number of aryl methyl sites for hydroxylation is 1. The maximum atomic E-state index is 6.27. The number of hydrogen-bond donors (Lipinski definition) is 0. The average molecular weight is 282 g/mol. The van der Waals surface area contributed by atoms with Gasteiger partial charge in [0.2, 0.25) is 0 Å². The molecule has 1 atom stereocenters. The molecular weight excluding hydrogens is 258 g/mol. The Bertz CT molecular complexity index is 413. The molecule has 1 saturated carbocycles. The highest BCUT2D eigenvalue weighted by Crippen LogP contribution is 2.33. The molecule has 1 aliphatic carbocycles. The summed E-state index contributed by atoms with van der Waals surface area (Å²) < 4.78 is 6.27. The van der Waals surface area contributed by atoms with Gasteiger partial charge in [0, 0.05) is 0 Å². The monoisotopic (exact) mass is 281 g/mol. The predicted octanol–water partition coefficient (Wildman–Crippen LogP) is 5.03. The van der Waals surface area contributed by atoms with E-state index in [0.29, 0.717) is 23.1 Å². The molecule has 1 fully saturated rings. The minimum atomic E-state index is 0.323. The number of rotatable bonds is 5. The number of pyridine rings is 1. The molecule has 1 unspecified atom stereocenters. The van der Waals surface area contributed by atoms with Crippen LogP contribution < -0.4 is 4.74 Å². The first-order valence-electron chi connectivity index (χ1n) is 7.36. The van der Waals surface area contributed by atoms with Crippen molar-refractivity contribution >= 4 is 11.6 Å². The number of halogens is 1. The predicted molar refractivity (Wildman–Crippen MR) is 79.8 cm³/mol. The third kappa shape index (κ3) is 4.10. The van der Waals surface area contributed by atoms with Crippen LogP contribution in [0, 0.1) is 18.8 Å². The van der Waals surface area contributed by atoms with E-state index in [2.05, 4.69) is 18.8 Å². The summed E-state index contributed by atoms with van der Waals surface area (Å²) >= 11 is 5.90. The second-order valence-corrected chi connectivity index (χ2v) is 6.44. The quantitative estimate of drug-likeness (QED) is 0.707. The molecule has 0 radical (unpaired) electrons. The molecule has 0 N–H and O–H groups in total. The highest BCUT2D eigenvalue weighted by atomic mass is 35.5. The molecule has 1 aromatic heterocycles. The van der Waals surface area contributed by atoms with Crippen molar-refractivity contribution in [1.82, 2.24) is 4.98 Å². The summed E-state index contributed by atoms with van der Waals surface area (Å²) in [6.45, 7) is 6.48. The molecule has 1 heterocycles. The van der Waals surface area contributed by atoms with E-state index in [-0.39, 0.29) is 0 Å². The van der Waals surface area contributed by atoms with Crippen molar-refractivity contribution in [3.8, 4) is 5.75 Å². The lowest BCUT2D eigenvalue weighted by atomic mass is 9.93. The van der Waals surface area contributed by atoms with Gasteiger partial charge in [-0.15, -0.1) is 0 Å². The van der Waals surface area contributed by atoms with E-state index in [1.807, 2.05) is 19.1 Å². The van der Waals surface area contributed by atoms with E-state index < -0.39 is 0 Å². The molecule has 0 amide bonds. The normalized spacial score (nSPS) is 17.9. The highest BCUT2D eigenvalue weighted by molar-refractivity contribution is 6.29. The van der Waals surface area contributed by atoms with Crippen LogP contribution in [-0.4, -0.2) is 11.1 Å². The Kier molecular flexibility index (Phi) is 5.09. The molecule has 0 saturated heterocycles. The van der Waals surface area contributed by atoms with Crippen molar-refractivity contribution in [2.24, 2.45) is 11.8 Å². The van der Waals surface area contributed by atoms with Gasteiger partial charge < -0.3 is 4.74 Å². The Balaban J connectivity index is 2.09. The first kappa shape index (κ1) is 14.6. The van der Waals surface area contributed by atoms with Gasteiger partial charge in [0.05, 0.1) is 5.69 Å². The van der Waals surface area contributed by atoms with E-state index >= 15 is 0 Å². The van der Waals surface area contributed by atoms with Gasteiger partial charge in [0.15, 0.2) is 0 Å². The topological polar surface area (TPSA) is 22.1 Å². The van der Waals surface area contributed by atoms with Gasteiger partial charge in [-0.05, 0) is 50.2 Å². The summed E-state index contributed by atoms with van der Waals surface area (Å²) in [5.74, 6) is 2.26. The van der Waals surface area contributed by atoms with Crippen molar-refractivity contribution < 1.29 is 4.74 Å². The lowest BCUT2D eigenvalue weighted by Crippen LogP contribution is -2.27. The van der Waals surface area contributed by atoms with E-state index in [1.165, 1.54) is 25.7 Å². The summed E-state index contributed by atoms with van der Waals surface area (Å²) in [5, 5.41) is 0.533. The van der Waals surface area contributed by atoms with Crippen LogP contribution in [0.1, 0.15) is 51.6 Å². The molecule has 0 aromatic carbocycles. The van der Waals surface area contributed by atoms with Gasteiger partial charge in [0.25, 0.3) is 0 Å². The zero-order chi connectivity index (χ0) is 13.8. The van der Waals surface area contributed by atoms with E-state index in [4.69, 9.17) is 16.3 Å². The standard InChI is InChI=1S/C16H24ClNO/c1-11(2)10-15(13-6-4-5-7-13)19-14-8-9-16(17)18-12(14)3/h8-9,11,13,15H,4-7,10H2,1-3H3. The van der Waals surface area contributed by atoms with Crippen LogP contribution in [0.25, 0.3) is 0 Å². The fraction of sp³-hybridized carbons (Fsp3) is 0.688. The molecule has 0 spiro atoms. The fourth-order valence-corrected chi connectivity index (χ4v) is 3.13. The molecule has 106 valence electrons. The smallest absolute Gasteiger partial charge is 0.141 e. The first-order chi connectivity index (χ1) is 9.06. The lowest BCUT2D eigenvalue weighted by Gasteiger charge is -2.27. The Morgan fingerprint density at radius 2 is 2.00 bits per heavy atom. The minimum absolute atomic E-state index is 0.323. The van der Waals surface area contributed by atoms with Crippen LogP contribution in [0.4, 0.5) is 0 Å². The van der Waals surface area contributed by atoms with E-state index in [9.17, 15) is 0 Å². The average Bonchev–Trinajstić information content (AvgIpc) is 2.84. The number of ether oxygens (including phenoxy) is 1. The van der Waals surface area contributed by atoms with Gasteiger partial charge in [-0.2, -0.15) is 0 Å². The molecule has 1 aromatic rings. The molecule has 0 bridgehead atoms. The molecule has 3 heteroatoms. The molecule has 2 nitrogen and oxygen atoms in total. The van der Waals surface area contributed by atoms with Crippen LogP contribution in [0.3, 0.4) is 0 Å². The van der Waals surface area contributed by atoms with Crippen molar-refractivity contribution in [2.75, 3.05) is 0 Å². The number of nitrogens with zero attached hydrogens (tertiary/aromatic N) is 1. The number of aromatic nitrogens is 1. The van der Waals surface area contributed by atoms with Crippen LogP contribution in [0.2, 0.25) is 5.15 Å². The molecule has 2 rings (SSSR count).